The standard InChI is InChI=1S/C10H16ClN3O/c1-3-14(5-6-15-4-2)9-7-10(11)13-12-8-9/h7-8H,3-6H2,1-2H3. The first kappa shape index (κ1) is 12.2. The predicted octanol–water partition coefficient (Wildman–Crippen LogP) is 1.99. The maximum Gasteiger partial charge on any atom is 0.153 e. The summed E-state index contributed by atoms with van der Waals surface area (Å²) in [6.45, 7) is 7.26. The summed E-state index contributed by atoms with van der Waals surface area (Å²) in [4.78, 5) is 2.15. The number of ether oxygens (including phenoxy) is 1. The lowest BCUT2D eigenvalue weighted by Gasteiger charge is -2.22. The van der Waals surface area contributed by atoms with Crippen LogP contribution in [-0.4, -0.2) is 36.5 Å². The summed E-state index contributed by atoms with van der Waals surface area (Å²) in [7, 11) is 0. The number of hydrogen-bond donors (Lipinski definition) is 0. The molecule has 84 valence electrons. The zero-order chi connectivity index (χ0) is 11.1. The third-order valence-corrected chi connectivity index (χ3v) is 2.25. The van der Waals surface area contributed by atoms with E-state index in [1.54, 1.807) is 6.20 Å². The predicted molar refractivity (Wildman–Crippen MR) is 61.4 cm³/mol. The van der Waals surface area contributed by atoms with E-state index in [4.69, 9.17) is 16.3 Å². The summed E-state index contributed by atoms with van der Waals surface area (Å²) >= 11 is 5.78. The molecule has 1 aromatic rings. The lowest BCUT2D eigenvalue weighted by Crippen LogP contribution is -2.27. The van der Waals surface area contributed by atoms with Crippen molar-refractivity contribution in [2.45, 2.75) is 13.8 Å². The molecule has 0 saturated carbocycles. The van der Waals surface area contributed by atoms with Crippen molar-refractivity contribution in [2.24, 2.45) is 0 Å². The molecule has 1 aromatic heterocycles. The Labute approximate surface area is 95.2 Å². The summed E-state index contributed by atoms with van der Waals surface area (Å²) in [5, 5.41) is 7.95. The highest BCUT2D eigenvalue weighted by Gasteiger charge is 2.05. The summed E-state index contributed by atoms with van der Waals surface area (Å²) in [5.41, 5.74) is 0.984. The van der Waals surface area contributed by atoms with E-state index >= 15 is 0 Å². The molecule has 0 unspecified atom stereocenters. The maximum absolute atomic E-state index is 5.78. The first-order valence-corrected chi connectivity index (χ1v) is 5.46. The minimum atomic E-state index is 0.419. The second-order valence-corrected chi connectivity index (χ2v) is 3.40. The number of likely N-dealkylation sites (N-methyl/N-ethyl adjacent to an activating group) is 1. The van der Waals surface area contributed by atoms with Gasteiger partial charge in [0.15, 0.2) is 5.15 Å². The summed E-state index contributed by atoms with van der Waals surface area (Å²) in [6.07, 6.45) is 1.71. The second-order valence-electron chi connectivity index (χ2n) is 3.01. The van der Waals surface area contributed by atoms with Crippen LogP contribution in [0.2, 0.25) is 5.15 Å². The van der Waals surface area contributed by atoms with Gasteiger partial charge in [-0.2, -0.15) is 5.10 Å². The van der Waals surface area contributed by atoms with Crippen molar-refractivity contribution >= 4 is 17.3 Å². The van der Waals surface area contributed by atoms with Crippen LogP contribution in [0.5, 0.6) is 0 Å². The van der Waals surface area contributed by atoms with Crippen molar-refractivity contribution in [3.05, 3.63) is 17.4 Å². The molecule has 4 nitrogen and oxygen atoms in total. The summed E-state index contributed by atoms with van der Waals surface area (Å²) < 4.78 is 5.31. The van der Waals surface area contributed by atoms with E-state index in [9.17, 15) is 0 Å². The van der Waals surface area contributed by atoms with Crippen LogP contribution in [0, 0.1) is 0 Å². The highest BCUT2D eigenvalue weighted by molar-refractivity contribution is 6.29. The van der Waals surface area contributed by atoms with Crippen molar-refractivity contribution in [3.63, 3.8) is 0 Å². The first-order chi connectivity index (χ1) is 7.27. The van der Waals surface area contributed by atoms with Crippen molar-refractivity contribution in [1.29, 1.82) is 0 Å². The smallest absolute Gasteiger partial charge is 0.153 e. The van der Waals surface area contributed by atoms with E-state index in [1.165, 1.54) is 0 Å². The Hall–Kier alpha value is -0.870. The number of rotatable bonds is 6. The summed E-state index contributed by atoms with van der Waals surface area (Å²) in [5.74, 6) is 0. The molecule has 0 aliphatic heterocycles. The topological polar surface area (TPSA) is 38.2 Å². The largest absolute Gasteiger partial charge is 0.380 e. The molecule has 0 saturated heterocycles. The zero-order valence-electron chi connectivity index (χ0n) is 9.11. The maximum atomic E-state index is 5.78. The van der Waals surface area contributed by atoms with Gasteiger partial charge in [0.1, 0.15) is 0 Å². The third-order valence-electron chi connectivity index (χ3n) is 2.07. The number of nitrogens with zero attached hydrogens (tertiary/aromatic N) is 3. The fraction of sp³-hybridized carbons (Fsp3) is 0.600. The Morgan fingerprint density at radius 1 is 1.47 bits per heavy atom. The Balaban J connectivity index is 2.57. The number of aromatic nitrogens is 2. The van der Waals surface area contributed by atoms with Crippen LogP contribution >= 0.6 is 11.6 Å². The molecule has 0 aliphatic rings. The molecule has 0 atom stereocenters. The lowest BCUT2D eigenvalue weighted by molar-refractivity contribution is 0.154. The fourth-order valence-electron chi connectivity index (χ4n) is 1.29. The van der Waals surface area contributed by atoms with Gasteiger partial charge in [-0.15, -0.1) is 5.10 Å². The minimum absolute atomic E-state index is 0.419. The minimum Gasteiger partial charge on any atom is -0.380 e. The molecule has 1 rings (SSSR count). The van der Waals surface area contributed by atoms with E-state index in [2.05, 4.69) is 22.0 Å². The molecule has 0 amide bonds. The molecule has 5 heteroatoms. The highest BCUT2D eigenvalue weighted by Crippen LogP contribution is 2.15. The zero-order valence-corrected chi connectivity index (χ0v) is 9.87. The number of anilines is 1. The van der Waals surface area contributed by atoms with Crippen LogP contribution in [0.15, 0.2) is 12.3 Å². The lowest BCUT2D eigenvalue weighted by atomic mass is 10.4. The quantitative estimate of drug-likeness (QED) is 0.700. The van der Waals surface area contributed by atoms with Gasteiger partial charge in [0, 0.05) is 25.8 Å². The molecule has 0 aromatic carbocycles. The van der Waals surface area contributed by atoms with Gasteiger partial charge in [-0.05, 0) is 13.8 Å². The van der Waals surface area contributed by atoms with E-state index in [0.29, 0.717) is 11.8 Å². The van der Waals surface area contributed by atoms with Gasteiger partial charge >= 0.3 is 0 Å². The molecule has 0 aliphatic carbocycles. The number of halogens is 1. The molecule has 1 heterocycles. The Morgan fingerprint density at radius 3 is 2.87 bits per heavy atom. The molecule has 0 fully saturated rings. The van der Waals surface area contributed by atoms with Gasteiger partial charge in [-0.1, -0.05) is 11.6 Å². The second kappa shape index (κ2) is 6.58. The van der Waals surface area contributed by atoms with E-state index < -0.39 is 0 Å². The van der Waals surface area contributed by atoms with Gasteiger partial charge in [0.25, 0.3) is 0 Å². The SMILES string of the molecule is CCOCCN(CC)c1cnnc(Cl)c1. The van der Waals surface area contributed by atoms with Gasteiger partial charge in [-0.25, -0.2) is 0 Å². The van der Waals surface area contributed by atoms with Crippen LogP contribution in [0.4, 0.5) is 5.69 Å². The van der Waals surface area contributed by atoms with Crippen molar-refractivity contribution in [2.75, 3.05) is 31.2 Å². The van der Waals surface area contributed by atoms with Crippen LogP contribution in [0.3, 0.4) is 0 Å². The van der Waals surface area contributed by atoms with Crippen molar-refractivity contribution < 1.29 is 4.74 Å². The fourth-order valence-corrected chi connectivity index (χ4v) is 1.45. The van der Waals surface area contributed by atoms with Crippen LogP contribution in [0.25, 0.3) is 0 Å². The average Bonchev–Trinajstić information content (AvgIpc) is 2.24. The summed E-state index contributed by atoms with van der Waals surface area (Å²) in [6, 6.07) is 1.81. The third kappa shape index (κ3) is 4.01. The van der Waals surface area contributed by atoms with E-state index in [-0.39, 0.29) is 0 Å². The van der Waals surface area contributed by atoms with Crippen molar-refractivity contribution in [3.8, 4) is 0 Å². The Kier molecular flexibility index (Phi) is 5.36. The molecule has 0 radical (unpaired) electrons. The number of hydrogen-bond acceptors (Lipinski definition) is 4. The average molecular weight is 230 g/mol. The van der Waals surface area contributed by atoms with E-state index in [0.717, 1.165) is 25.4 Å². The normalized spacial score (nSPS) is 10.3. The highest BCUT2D eigenvalue weighted by atomic mass is 35.5. The molecule has 15 heavy (non-hydrogen) atoms. The molecular weight excluding hydrogens is 214 g/mol. The van der Waals surface area contributed by atoms with Gasteiger partial charge < -0.3 is 9.64 Å². The van der Waals surface area contributed by atoms with Crippen LogP contribution in [0.1, 0.15) is 13.8 Å². The van der Waals surface area contributed by atoms with Gasteiger partial charge in [-0.3, -0.25) is 0 Å². The van der Waals surface area contributed by atoms with Gasteiger partial charge in [0.05, 0.1) is 18.5 Å². The van der Waals surface area contributed by atoms with E-state index in [1.807, 2.05) is 13.0 Å². The first-order valence-electron chi connectivity index (χ1n) is 5.08. The Bertz CT molecular complexity index is 296. The van der Waals surface area contributed by atoms with Crippen molar-refractivity contribution in [1.82, 2.24) is 10.2 Å². The molecule has 0 N–H and O–H groups in total. The van der Waals surface area contributed by atoms with Crippen LogP contribution in [-0.2, 0) is 4.74 Å². The van der Waals surface area contributed by atoms with Crippen LogP contribution < -0.4 is 4.90 Å². The van der Waals surface area contributed by atoms with Gasteiger partial charge in [0.2, 0.25) is 0 Å². The monoisotopic (exact) mass is 229 g/mol. The Morgan fingerprint density at radius 2 is 2.27 bits per heavy atom. The molecule has 0 spiro atoms. The molecular formula is C10H16ClN3O. The molecule has 0 bridgehead atoms.